The third kappa shape index (κ3) is 44.2. The zero-order chi connectivity index (χ0) is 72.4. The van der Waals surface area contributed by atoms with Crippen molar-refractivity contribution in [1.29, 1.82) is 0 Å². The highest BCUT2D eigenvalue weighted by Gasteiger charge is 2.20. The fourth-order valence-electron chi connectivity index (χ4n) is 13.2. The third-order valence-corrected chi connectivity index (χ3v) is 19.7. The lowest BCUT2D eigenvalue weighted by Crippen LogP contribution is -2.47. The van der Waals surface area contributed by atoms with Crippen LogP contribution in [0.5, 0.6) is 0 Å². The monoisotopic (exact) mass is 1430 g/mol. The molecule has 580 valence electrons. The van der Waals surface area contributed by atoms with Crippen LogP contribution in [-0.4, -0.2) is 208 Å². The molecule has 0 aromatic carbocycles. The van der Waals surface area contributed by atoms with Crippen LogP contribution in [0, 0.1) is 0 Å². The van der Waals surface area contributed by atoms with Gasteiger partial charge >= 0.3 is 23.9 Å². The fourth-order valence-corrected chi connectivity index (χ4v) is 13.2. The number of ether oxygens (including phenoxy) is 4. The van der Waals surface area contributed by atoms with Crippen molar-refractivity contribution < 1.29 is 38.1 Å². The second-order valence-electron chi connectivity index (χ2n) is 28.7. The molecule has 0 spiro atoms. The summed E-state index contributed by atoms with van der Waals surface area (Å²) >= 11 is 0. The van der Waals surface area contributed by atoms with Gasteiger partial charge in [0.1, 0.15) is 0 Å². The van der Waals surface area contributed by atoms with Crippen LogP contribution in [0.3, 0.4) is 0 Å². The summed E-state index contributed by atoms with van der Waals surface area (Å²) in [5.41, 5.74) is 3.27. The van der Waals surface area contributed by atoms with E-state index in [9.17, 15) is 19.2 Å². The summed E-state index contributed by atoms with van der Waals surface area (Å²) in [6, 6.07) is 0. The minimum Gasteiger partial charge on any atom is -0.465 e. The maximum Gasteiger partial charge on any atom is 0.307 e. The lowest BCUT2D eigenvalue weighted by molar-refractivity contribution is -0.145. The Kier molecular flexibility index (Phi) is 49.9. The quantitative estimate of drug-likeness (QED) is 0.0227. The van der Waals surface area contributed by atoms with Crippen LogP contribution in [0.25, 0.3) is 0 Å². The van der Waals surface area contributed by atoms with E-state index in [1.54, 1.807) is 0 Å². The van der Waals surface area contributed by atoms with E-state index in [2.05, 4.69) is 88.5 Å². The molecule has 1 aliphatic rings. The van der Waals surface area contributed by atoms with Gasteiger partial charge in [0.25, 0.3) is 0 Å². The minimum absolute atomic E-state index is 0.218. The number of unbranched alkanes of at least 4 members (excludes halogenated alkanes) is 28. The number of carbonyl (C=O) groups excluding carboxylic acids is 4. The normalized spacial score (nSPS) is 12.9. The summed E-state index contributed by atoms with van der Waals surface area (Å²) in [5.74, 6) is -1.08. The molecular formula is C78H140N16O8. The van der Waals surface area contributed by atoms with E-state index < -0.39 is 0 Å². The third-order valence-electron chi connectivity index (χ3n) is 19.7. The van der Waals surface area contributed by atoms with Crippen molar-refractivity contribution in [2.24, 2.45) is 0 Å². The Bertz CT molecular complexity index is 2350. The highest BCUT2D eigenvalue weighted by Crippen LogP contribution is 2.15. The predicted octanol–water partition coefficient (Wildman–Crippen LogP) is 13.6. The van der Waals surface area contributed by atoms with Gasteiger partial charge in [-0.25, -0.2) is 0 Å². The molecule has 5 heterocycles. The van der Waals surface area contributed by atoms with Crippen LogP contribution in [0.2, 0.25) is 0 Å². The molecule has 4 aromatic rings. The van der Waals surface area contributed by atoms with Crippen LogP contribution < -0.4 is 0 Å². The molecule has 1 aliphatic heterocycles. The number of hydrogen-bond donors (Lipinski definition) is 0. The predicted molar refractivity (Wildman–Crippen MR) is 403 cm³/mol. The Morgan fingerprint density at radius 1 is 0.294 bits per heavy atom. The van der Waals surface area contributed by atoms with Crippen molar-refractivity contribution in [2.45, 2.75) is 324 Å². The molecule has 24 heteroatoms. The maximum atomic E-state index is 13.2. The summed E-state index contributed by atoms with van der Waals surface area (Å²) < 4.78 is 30.4. The highest BCUT2D eigenvalue weighted by atomic mass is 16.5. The number of rotatable bonds is 68. The molecule has 0 unspecified atom stereocenters. The van der Waals surface area contributed by atoms with Crippen LogP contribution in [0.1, 0.15) is 294 Å². The molecule has 0 N–H and O–H groups in total. The smallest absolute Gasteiger partial charge is 0.307 e. The molecule has 4 aromatic heterocycles. The molecule has 0 saturated carbocycles. The SMILES string of the molecule is CCCCCCCCCCn1cc(CCOC(=O)CCN(CCCN2CCN(CCCN(CCC(=O)OCCc3cn(CCCCCCCCCC)nn3)CCC(=O)OCCc3cn(CCCCCCCCCC)nn3)CC2)CCC(=O)OCCc2cn(CCCCCCCCCC)nn2)nn1. The number of nitrogens with zero attached hydrogens (tertiary/aromatic N) is 16. The van der Waals surface area contributed by atoms with Crippen molar-refractivity contribution in [1.82, 2.24) is 79.6 Å². The summed E-state index contributed by atoms with van der Waals surface area (Å²) in [6.07, 6.45) is 52.8. The number of piperazine rings is 1. The van der Waals surface area contributed by atoms with Crippen LogP contribution in [0.15, 0.2) is 24.8 Å². The number of carbonyl (C=O) groups is 4. The second-order valence-corrected chi connectivity index (χ2v) is 28.7. The Balaban J connectivity index is 1.03. The lowest BCUT2D eigenvalue weighted by Gasteiger charge is -2.35. The van der Waals surface area contributed by atoms with Gasteiger partial charge in [-0.3, -0.25) is 37.9 Å². The molecule has 102 heavy (non-hydrogen) atoms. The highest BCUT2D eigenvalue weighted by molar-refractivity contribution is 5.71. The number of esters is 4. The van der Waals surface area contributed by atoms with E-state index in [4.69, 9.17) is 18.9 Å². The van der Waals surface area contributed by atoms with Crippen molar-refractivity contribution in [3.05, 3.63) is 47.6 Å². The molecule has 0 radical (unpaired) electrons. The number of aromatic nitrogens is 12. The fraction of sp³-hybridized carbons (Fsp3) is 0.846. The number of aryl methyl sites for hydroxylation is 4. The van der Waals surface area contributed by atoms with Gasteiger partial charge in [0.2, 0.25) is 0 Å². The summed E-state index contributed by atoms with van der Waals surface area (Å²) in [6.45, 7) is 22.3. The summed E-state index contributed by atoms with van der Waals surface area (Å²) in [4.78, 5) is 62.0. The first-order valence-corrected chi connectivity index (χ1v) is 41.2. The molecule has 0 bridgehead atoms. The Morgan fingerprint density at radius 3 is 0.735 bits per heavy atom. The topological polar surface area (TPSA) is 241 Å². The zero-order valence-electron chi connectivity index (χ0n) is 64.6. The van der Waals surface area contributed by atoms with Gasteiger partial charge in [0.05, 0.1) is 74.9 Å². The molecule has 1 saturated heterocycles. The van der Waals surface area contributed by atoms with Crippen LogP contribution in [-0.2, 0) is 90.0 Å². The average molecular weight is 1430 g/mol. The molecule has 24 nitrogen and oxygen atoms in total. The Labute approximate surface area is 614 Å². The molecular weight excluding hydrogens is 1290 g/mol. The molecule has 0 amide bonds. The van der Waals surface area contributed by atoms with E-state index in [-0.39, 0.29) is 76.0 Å². The van der Waals surface area contributed by atoms with E-state index >= 15 is 0 Å². The lowest BCUT2D eigenvalue weighted by atomic mass is 10.1. The summed E-state index contributed by atoms with van der Waals surface area (Å²) in [7, 11) is 0. The van der Waals surface area contributed by atoms with Crippen molar-refractivity contribution in [2.75, 3.05) is 105 Å². The largest absolute Gasteiger partial charge is 0.465 e. The van der Waals surface area contributed by atoms with Crippen molar-refractivity contribution >= 4 is 23.9 Å². The average Bonchev–Trinajstić information content (AvgIpc) is 1.79. The van der Waals surface area contributed by atoms with Gasteiger partial charge in [-0.15, -0.1) is 20.4 Å². The van der Waals surface area contributed by atoms with Gasteiger partial charge in [0.15, 0.2) is 0 Å². The molecule has 1 fully saturated rings. The zero-order valence-corrected chi connectivity index (χ0v) is 64.6. The van der Waals surface area contributed by atoms with Gasteiger partial charge < -0.3 is 38.5 Å². The maximum absolute atomic E-state index is 13.2. The summed E-state index contributed by atoms with van der Waals surface area (Å²) in [5, 5.41) is 34.6. The molecule has 0 aliphatic carbocycles. The standard InChI is InChI=1S/C78H140N16O8/c1-5-9-13-17-21-25-29-33-51-91-67-71(79-83-91)43-63-99-75(95)39-55-87(56-40-76(96)100-64-44-72-68-92(84-80-72)52-34-30-26-22-18-14-10-6-2)47-37-49-89-59-61-90(62-60-89)50-38-48-88(57-41-77(97)101-65-45-73-69-93(85-81-73)53-35-31-27-23-19-15-11-7-3)58-42-78(98)102-66-46-74-70-94(86-82-74)54-36-32-28-24-20-16-12-8-4/h67-70H,5-66H2,1-4H3. The second kappa shape index (κ2) is 58.5. The van der Waals surface area contributed by atoms with E-state index in [0.29, 0.717) is 51.9 Å². The first kappa shape index (κ1) is 86.9. The van der Waals surface area contributed by atoms with E-state index in [1.807, 2.05) is 43.5 Å². The van der Waals surface area contributed by atoms with E-state index in [1.165, 1.54) is 180 Å². The van der Waals surface area contributed by atoms with E-state index in [0.717, 1.165) is 140 Å². The molecule has 5 rings (SSSR count). The number of hydrogen-bond acceptors (Lipinski definition) is 20. The van der Waals surface area contributed by atoms with Crippen molar-refractivity contribution in [3.63, 3.8) is 0 Å². The van der Waals surface area contributed by atoms with Gasteiger partial charge in [-0.1, -0.05) is 228 Å². The minimum atomic E-state index is -0.269. The van der Waals surface area contributed by atoms with Crippen molar-refractivity contribution in [3.8, 4) is 0 Å². The van der Waals surface area contributed by atoms with Gasteiger partial charge in [0, 0.05) is 129 Å². The van der Waals surface area contributed by atoms with Crippen LogP contribution in [0.4, 0.5) is 0 Å². The Morgan fingerprint density at radius 2 is 0.510 bits per heavy atom. The Hall–Kier alpha value is -5.72. The van der Waals surface area contributed by atoms with Gasteiger partial charge in [-0.2, -0.15) is 0 Å². The molecule has 0 atom stereocenters. The first-order valence-electron chi connectivity index (χ1n) is 41.2. The first-order chi connectivity index (χ1) is 50.1. The van der Waals surface area contributed by atoms with Crippen LogP contribution >= 0.6 is 0 Å². The van der Waals surface area contributed by atoms with Gasteiger partial charge in [-0.05, 0) is 64.7 Å².